The first-order valence-electron chi connectivity index (χ1n) is 9.79. The molecule has 0 saturated heterocycles. The monoisotopic (exact) mass is 552 g/mol. The Balaban J connectivity index is 1.42. The zero-order chi connectivity index (χ0) is 24.3. The lowest BCUT2D eigenvalue weighted by Gasteiger charge is -2.11. The van der Waals surface area contributed by atoms with E-state index in [-0.39, 0.29) is 18.0 Å². The van der Waals surface area contributed by atoms with E-state index in [1.54, 1.807) is 29.5 Å². The Hall–Kier alpha value is -3.25. The molecule has 0 atom stereocenters. The molecule has 0 saturated carbocycles. The number of aromatic nitrogens is 4. The lowest BCUT2D eigenvalue weighted by atomic mass is 10.1. The highest BCUT2D eigenvalue weighted by molar-refractivity contribution is 9.11. The molecule has 0 N–H and O–H groups in total. The van der Waals surface area contributed by atoms with Gasteiger partial charge in [0.2, 0.25) is 0 Å². The predicted octanol–water partition coefficient (Wildman–Crippen LogP) is 5.75. The van der Waals surface area contributed by atoms with Crippen molar-refractivity contribution in [1.82, 2.24) is 20.2 Å². The second kappa shape index (κ2) is 9.94. The molecule has 4 rings (SSSR count). The Kier molecular flexibility index (Phi) is 6.98. The van der Waals surface area contributed by atoms with Crippen LogP contribution in [0.25, 0.3) is 5.69 Å². The molecule has 0 amide bonds. The molecule has 2 heterocycles. The fraction of sp³-hybridized carbons (Fsp3) is 0.182. The smallest absolute Gasteiger partial charge is 0.416 e. The van der Waals surface area contributed by atoms with Crippen LogP contribution in [-0.2, 0) is 24.1 Å². The van der Waals surface area contributed by atoms with Gasteiger partial charge in [-0.25, -0.2) is 4.79 Å². The summed E-state index contributed by atoms with van der Waals surface area (Å²) in [7, 11) is 0. The molecule has 0 aliphatic rings. The first-order valence-corrected chi connectivity index (χ1v) is 11.5. The molecule has 2 aromatic carbocycles. The molecule has 0 unspecified atom stereocenters. The van der Waals surface area contributed by atoms with Crippen molar-refractivity contribution < 1.29 is 27.4 Å². The number of alkyl halides is 3. The molecule has 0 bridgehead atoms. The number of tetrazole rings is 1. The van der Waals surface area contributed by atoms with Crippen LogP contribution in [0.15, 0.2) is 57.7 Å². The van der Waals surface area contributed by atoms with Gasteiger partial charge in [0.1, 0.15) is 12.4 Å². The minimum Gasteiger partial charge on any atom is -0.489 e. The third kappa shape index (κ3) is 5.62. The second-order valence-electron chi connectivity index (χ2n) is 7.16. The van der Waals surface area contributed by atoms with Gasteiger partial charge in [-0.05, 0) is 86.7 Å². The molecule has 7 nitrogen and oxygen atoms in total. The van der Waals surface area contributed by atoms with Gasteiger partial charge in [0.25, 0.3) is 0 Å². The van der Waals surface area contributed by atoms with Gasteiger partial charge in [-0.1, -0.05) is 6.07 Å². The summed E-state index contributed by atoms with van der Waals surface area (Å²) in [5, 5.41) is 13.1. The van der Waals surface area contributed by atoms with E-state index < -0.39 is 17.7 Å². The summed E-state index contributed by atoms with van der Waals surface area (Å²) in [5.41, 5.74) is 1.65. The average Bonchev–Trinajstić information content (AvgIpc) is 3.45. The number of esters is 1. The lowest BCUT2D eigenvalue weighted by Crippen LogP contribution is -2.11. The highest BCUT2D eigenvalue weighted by atomic mass is 79.9. The van der Waals surface area contributed by atoms with Crippen LogP contribution in [0.3, 0.4) is 0 Å². The van der Waals surface area contributed by atoms with Gasteiger partial charge in [0, 0.05) is 5.56 Å². The van der Waals surface area contributed by atoms with E-state index in [0.29, 0.717) is 18.0 Å². The van der Waals surface area contributed by atoms with Gasteiger partial charge in [-0.3, -0.25) is 0 Å². The van der Waals surface area contributed by atoms with Crippen molar-refractivity contribution >= 4 is 33.2 Å². The van der Waals surface area contributed by atoms with Crippen LogP contribution >= 0.6 is 27.3 Å². The van der Waals surface area contributed by atoms with E-state index >= 15 is 0 Å². The maximum Gasteiger partial charge on any atom is 0.416 e. The molecule has 4 aromatic rings. The Bertz CT molecular complexity index is 1310. The fourth-order valence-corrected chi connectivity index (χ4v) is 4.16. The number of thiophene rings is 1. The molecule has 176 valence electrons. The number of hydrogen-bond donors (Lipinski definition) is 0. The molecule has 0 spiro atoms. The van der Waals surface area contributed by atoms with Crippen molar-refractivity contribution in [3.8, 4) is 11.4 Å². The van der Waals surface area contributed by atoms with E-state index in [2.05, 4.69) is 31.5 Å². The van der Waals surface area contributed by atoms with Crippen LogP contribution in [0.1, 0.15) is 32.9 Å². The second-order valence-corrected chi connectivity index (χ2v) is 9.45. The van der Waals surface area contributed by atoms with Crippen LogP contribution in [0.5, 0.6) is 5.75 Å². The van der Waals surface area contributed by atoms with Crippen molar-refractivity contribution in [2.24, 2.45) is 0 Å². The first-order chi connectivity index (χ1) is 16.2. The summed E-state index contributed by atoms with van der Waals surface area (Å²) in [6.45, 7) is 1.94. The highest BCUT2D eigenvalue weighted by Crippen LogP contribution is 2.29. The van der Waals surface area contributed by atoms with E-state index in [9.17, 15) is 18.0 Å². The van der Waals surface area contributed by atoms with E-state index in [1.165, 1.54) is 16.8 Å². The molecule has 0 aliphatic carbocycles. The van der Waals surface area contributed by atoms with Crippen molar-refractivity contribution in [2.45, 2.75) is 26.3 Å². The maximum absolute atomic E-state index is 12.8. The van der Waals surface area contributed by atoms with Gasteiger partial charge in [0.05, 0.1) is 20.6 Å². The van der Waals surface area contributed by atoms with Crippen molar-refractivity contribution in [1.29, 1.82) is 0 Å². The number of rotatable bonds is 7. The number of benzene rings is 2. The fourth-order valence-electron chi connectivity index (χ4n) is 2.97. The van der Waals surface area contributed by atoms with Crippen molar-refractivity contribution in [3.05, 3.63) is 85.8 Å². The largest absolute Gasteiger partial charge is 0.489 e. The molecule has 12 heteroatoms. The SMILES string of the molecule is Cc1ccc(C(=O)OCc2nnnn2-c2ccc(C(F)(F)F)cc2)cc1OCc1csc(Br)c1. The topological polar surface area (TPSA) is 79.1 Å². The maximum atomic E-state index is 12.8. The Morgan fingerprint density at radius 2 is 1.88 bits per heavy atom. The standard InChI is InChI=1S/C22H16BrF3N4O3S/c1-13-2-3-15(9-18(13)32-10-14-8-19(23)34-12-14)21(31)33-11-20-27-28-29-30(20)17-6-4-16(5-7-17)22(24,25)26/h2-9,12H,10-11H2,1H3. The van der Waals surface area contributed by atoms with Gasteiger partial charge in [-0.15, -0.1) is 16.4 Å². The van der Waals surface area contributed by atoms with E-state index in [1.807, 2.05) is 18.4 Å². The van der Waals surface area contributed by atoms with E-state index in [4.69, 9.17) is 9.47 Å². The summed E-state index contributed by atoms with van der Waals surface area (Å²) in [6, 6.07) is 11.2. The number of halogens is 4. The summed E-state index contributed by atoms with van der Waals surface area (Å²) < 4.78 is 51.7. The number of carbonyl (C=O) groups is 1. The van der Waals surface area contributed by atoms with Gasteiger partial charge in [0.15, 0.2) is 12.4 Å². The van der Waals surface area contributed by atoms with Crippen LogP contribution in [-0.4, -0.2) is 26.2 Å². The number of nitrogens with zero attached hydrogens (tertiary/aromatic N) is 4. The zero-order valence-electron chi connectivity index (χ0n) is 17.5. The third-order valence-corrected chi connectivity index (χ3v) is 6.30. The summed E-state index contributed by atoms with van der Waals surface area (Å²) in [4.78, 5) is 12.6. The Morgan fingerprint density at radius 1 is 1.12 bits per heavy atom. The number of aryl methyl sites for hydroxylation is 1. The number of ether oxygens (including phenoxy) is 2. The third-order valence-electron chi connectivity index (χ3n) is 4.75. The van der Waals surface area contributed by atoms with Gasteiger partial charge >= 0.3 is 12.1 Å². The van der Waals surface area contributed by atoms with Gasteiger partial charge < -0.3 is 9.47 Å². The van der Waals surface area contributed by atoms with E-state index in [0.717, 1.165) is 27.0 Å². The van der Waals surface area contributed by atoms with Crippen molar-refractivity contribution in [3.63, 3.8) is 0 Å². The first kappa shape index (κ1) is 23.9. The van der Waals surface area contributed by atoms with Crippen molar-refractivity contribution in [2.75, 3.05) is 0 Å². The minimum absolute atomic E-state index is 0.153. The lowest BCUT2D eigenvalue weighted by molar-refractivity contribution is -0.137. The molecule has 0 radical (unpaired) electrons. The number of hydrogen-bond acceptors (Lipinski definition) is 7. The average molecular weight is 553 g/mol. The summed E-state index contributed by atoms with van der Waals surface area (Å²) >= 11 is 4.96. The van der Waals surface area contributed by atoms with Crippen LogP contribution in [0.2, 0.25) is 0 Å². The molecule has 34 heavy (non-hydrogen) atoms. The summed E-state index contributed by atoms with van der Waals surface area (Å²) in [6.07, 6.45) is -4.45. The highest BCUT2D eigenvalue weighted by Gasteiger charge is 2.30. The van der Waals surface area contributed by atoms with Crippen LogP contribution < -0.4 is 4.74 Å². The normalized spacial score (nSPS) is 11.4. The zero-order valence-corrected chi connectivity index (χ0v) is 19.9. The predicted molar refractivity (Wildman–Crippen MR) is 121 cm³/mol. The molecule has 2 aromatic heterocycles. The number of carbonyl (C=O) groups excluding carboxylic acids is 1. The van der Waals surface area contributed by atoms with Gasteiger partial charge in [-0.2, -0.15) is 17.9 Å². The minimum atomic E-state index is -4.45. The quantitative estimate of drug-likeness (QED) is 0.271. The Labute approximate surface area is 204 Å². The molecular weight excluding hydrogens is 537 g/mol. The molecule has 0 aliphatic heterocycles. The van der Waals surface area contributed by atoms with Crippen LogP contribution in [0, 0.1) is 6.92 Å². The summed E-state index contributed by atoms with van der Waals surface area (Å²) in [5.74, 6) is 0.0798. The molecule has 0 fully saturated rings. The molecular formula is C22H16BrF3N4O3S. The van der Waals surface area contributed by atoms with Crippen LogP contribution in [0.4, 0.5) is 13.2 Å². The Morgan fingerprint density at radius 3 is 2.56 bits per heavy atom.